The molecule has 2 heteroatoms. The van der Waals surface area contributed by atoms with Crippen molar-refractivity contribution in [1.29, 1.82) is 0 Å². The van der Waals surface area contributed by atoms with Crippen LogP contribution in [0.2, 0.25) is 0 Å². The molecule has 0 unspecified atom stereocenters. The van der Waals surface area contributed by atoms with Gasteiger partial charge in [-0.15, -0.1) is 0 Å². The largest absolute Gasteiger partial charge is 0.375 e. The zero-order chi connectivity index (χ0) is 10.7. The third kappa shape index (κ3) is 7.03. The van der Waals surface area contributed by atoms with E-state index in [9.17, 15) is 0 Å². The molecule has 0 amide bonds. The lowest BCUT2D eigenvalue weighted by Crippen LogP contribution is -2.40. The SMILES string of the molecule is CN(CCOC(C)(C)C)C(C)(C)C. The molecule has 0 bridgehead atoms. The second-order valence-electron chi connectivity index (χ2n) is 5.55. The highest BCUT2D eigenvalue weighted by Gasteiger charge is 2.17. The van der Waals surface area contributed by atoms with E-state index < -0.39 is 0 Å². The summed E-state index contributed by atoms with van der Waals surface area (Å²) in [5, 5.41) is 0. The Kier molecular flexibility index (Phi) is 4.40. The molecule has 0 aromatic heterocycles. The molecule has 0 aromatic rings. The van der Waals surface area contributed by atoms with Crippen molar-refractivity contribution < 1.29 is 4.74 Å². The first kappa shape index (κ1) is 12.9. The topological polar surface area (TPSA) is 12.5 Å². The van der Waals surface area contributed by atoms with Crippen LogP contribution >= 0.6 is 0 Å². The van der Waals surface area contributed by atoms with Crippen LogP contribution in [0.3, 0.4) is 0 Å². The van der Waals surface area contributed by atoms with Gasteiger partial charge < -0.3 is 4.74 Å². The fourth-order valence-corrected chi connectivity index (χ4v) is 0.824. The molecule has 0 N–H and O–H groups in total. The summed E-state index contributed by atoms with van der Waals surface area (Å²) < 4.78 is 5.65. The van der Waals surface area contributed by atoms with E-state index in [-0.39, 0.29) is 11.1 Å². The van der Waals surface area contributed by atoms with Crippen LogP contribution in [0, 0.1) is 0 Å². The predicted molar refractivity (Wildman–Crippen MR) is 58.1 cm³/mol. The molecule has 0 saturated carbocycles. The smallest absolute Gasteiger partial charge is 0.0600 e. The van der Waals surface area contributed by atoms with Crippen molar-refractivity contribution in [3.63, 3.8) is 0 Å². The summed E-state index contributed by atoms with van der Waals surface area (Å²) in [5.74, 6) is 0. The minimum absolute atomic E-state index is 0.0152. The number of rotatable bonds is 3. The van der Waals surface area contributed by atoms with Crippen LogP contribution < -0.4 is 0 Å². The molecular formula is C11H25NO. The van der Waals surface area contributed by atoms with E-state index in [1.165, 1.54) is 0 Å². The Labute approximate surface area is 83.3 Å². The molecule has 2 nitrogen and oxygen atoms in total. The zero-order valence-electron chi connectivity index (χ0n) is 10.3. The standard InChI is InChI=1S/C11H25NO/c1-10(2,3)12(7)8-9-13-11(4,5)6/h8-9H2,1-7H3. The summed E-state index contributed by atoms with van der Waals surface area (Å²) in [6, 6.07) is 0. The highest BCUT2D eigenvalue weighted by molar-refractivity contribution is 4.72. The molecule has 0 aliphatic carbocycles. The Bertz CT molecular complexity index is 141. The van der Waals surface area contributed by atoms with E-state index in [1.54, 1.807) is 0 Å². The molecule has 0 spiro atoms. The predicted octanol–water partition coefficient (Wildman–Crippen LogP) is 2.53. The maximum absolute atomic E-state index is 5.65. The summed E-state index contributed by atoms with van der Waals surface area (Å²) in [6.07, 6.45) is 0. The minimum atomic E-state index is -0.0152. The van der Waals surface area contributed by atoms with E-state index in [0.29, 0.717) is 0 Å². The molecule has 0 fully saturated rings. The van der Waals surface area contributed by atoms with Gasteiger partial charge in [0.1, 0.15) is 0 Å². The van der Waals surface area contributed by atoms with E-state index >= 15 is 0 Å². The highest BCUT2D eigenvalue weighted by atomic mass is 16.5. The monoisotopic (exact) mass is 187 g/mol. The summed E-state index contributed by atoms with van der Waals surface area (Å²) in [5.41, 5.74) is 0.222. The molecule has 13 heavy (non-hydrogen) atoms. The van der Waals surface area contributed by atoms with Gasteiger partial charge in [0, 0.05) is 12.1 Å². The van der Waals surface area contributed by atoms with Gasteiger partial charge in [-0.05, 0) is 48.6 Å². The lowest BCUT2D eigenvalue weighted by Gasteiger charge is -2.32. The summed E-state index contributed by atoms with van der Waals surface area (Å²) in [6.45, 7) is 14.7. The highest BCUT2D eigenvalue weighted by Crippen LogP contribution is 2.11. The molecule has 0 heterocycles. The van der Waals surface area contributed by atoms with Crippen LogP contribution in [-0.4, -0.2) is 36.2 Å². The van der Waals surface area contributed by atoms with Gasteiger partial charge in [-0.2, -0.15) is 0 Å². The van der Waals surface area contributed by atoms with Crippen molar-refractivity contribution in [2.24, 2.45) is 0 Å². The second-order valence-corrected chi connectivity index (χ2v) is 5.55. The third-order valence-corrected chi connectivity index (χ3v) is 2.11. The Morgan fingerprint density at radius 1 is 1.00 bits per heavy atom. The van der Waals surface area contributed by atoms with Crippen molar-refractivity contribution in [2.45, 2.75) is 52.7 Å². The van der Waals surface area contributed by atoms with Gasteiger partial charge >= 0.3 is 0 Å². The normalized spacial score (nSPS) is 13.8. The van der Waals surface area contributed by atoms with Gasteiger partial charge in [0.05, 0.1) is 12.2 Å². The molecule has 0 saturated heterocycles. The Morgan fingerprint density at radius 2 is 1.46 bits per heavy atom. The van der Waals surface area contributed by atoms with E-state index in [4.69, 9.17) is 4.74 Å². The molecule has 0 atom stereocenters. The summed E-state index contributed by atoms with van der Waals surface area (Å²) >= 11 is 0. The number of ether oxygens (including phenoxy) is 1. The molecule has 0 aliphatic rings. The lowest BCUT2D eigenvalue weighted by molar-refractivity contribution is -0.0189. The van der Waals surface area contributed by atoms with Crippen molar-refractivity contribution in [3.8, 4) is 0 Å². The van der Waals surface area contributed by atoms with Gasteiger partial charge in [0.15, 0.2) is 0 Å². The molecule has 0 aliphatic heterocycles. The van der Waals surface area contributed by atoms with Crippen molar-refractivity contribution in [1.82, 2.24) is 4.90 Å². The average molecular weight is 187 g/mol. The minimum Gasteiger partial charge on any atom is -0.375 e. The number of nitrogens with zero attached hydrogens (tertiary/aromatic N) is 1. The van der Waals surface area contributed by atoms with Gasteiger partial charge in [0.25, 0.3) is 0 Å². The van der Waals surface area contributed by atoms with Crippen molar-refractivity contribution in [3.05, 3.63) is 0 Å². The maximum atomic E-state index is 5.65. The molecule has 0 radical (unpaired) electrons. The number of hydrogen-bond acceptors (Lipinski definition) is 2. The van der Waals surface area contributed by atoms with Crippen molar-refractivity contribution in [2.75, 3.05) is 20.2 Å². The Balaban J connectivity index is 3.67. The zero-order valence-corrected chi connectivity index (χ0v) is 10.3. The first-order chi connectivity index (χ1) is 5.63. The maximum Gasteiger partial charge on any atom is 0.0600 e. The van der Waals surface area contributed by atoms with Crippen LogP contribution in [-0.2, 0) is 4.74 Å². The van der Waals surface area contributed by atoms with Gasteiger partial charge in [0.2, 0.25) is 0 Å². The van der Waals surface area contributed by atoms with Crippen LogP contribution in [0.15, 0.2) is 0 Å². The molecule has 0 rings (SSSR count). The van der Waals surface area contributed by atoms with Gasteiger partial charge in [-0.1, -0.05) is 0 Å². The fourth-order valence-electron chi connectivity index (χ4n) is 0.824. The van der Waals surface area contributed by atoms with E-state index in [2.05, 4.69) is 53.5 Å². The second kappa shape index (κ2) is 4.43. The average Bonchev–Trinajstić information content (AvgIpc) is 1.82. The molecular weight excluding hydrogens is 162 g/mol. The summed E-state index contributed by atoms with van der Waals surface area (Å²) in [4.78, 5) is 2.30. The van der Waals surface area contributed by atoms with E-state index in [1.807, 2.05) is 0 Å². The quantitative estimate of drug-likeness (QED) is 0.673. The molecule has 0 aromatic carbocycles. The van der Waals surface area contributed by atoms with Gasteiger partial charge in [-0.25, -0.2) is 0 Å². The molecule has 80 valence electrons. The van der Waals surface area contributed by atoms with Crippen LogP contribution in [0.1, 0.15) is 41.5 Å². The number of likely N-dealkylation sites (N-methyl/N-ethyl adjacent to an activating group) is 1. The van der Waals surface area contributed by atoms with Gasteiger partial charge in [-0.3, -0.25) is 4.90 Å². The fraction of sp³-hybridized carbons (Fsp3) is 1.00. The first-order valence-electron chi connectivity index (χ1n) is 4.98. The Morgan fingerprint density at radius 3 is 1.77 bits per heavy atom. The summed E-state index contributed by atoms with van der Waals surface area (Å²) in [7, 11) is 2.13. The Hall–Kier alpha value is -0.0800. The van der Waals surface area contributed by atoms with E-state index in [0.717, 1.165) is 13.2 Å². The van der Waals surface area contributed by atoms with Crippen LogP contribution in [0.4, 0.5) is 0 Å². The van der Waals surface area contributed by atoms with Crippen LogP contribution in [0.25, 0.3) is 0 Å². The lowest BCUT2D eigenvalue weighted by atomic mass is 10.1. The first-order valence-corrected chi connectivity index (χ1v) is 4.98. The third-order valence-electron chi connectivity index (χ3n) is 2.11. The van der Waals surface area contributed by atoms with Crippen molar-refractivity contribution >= 4 is 0 Å². The van der Waals surface area contributed by atoms with Crippen LogP contribution in [0.5, 0.6) is 0 Å². The number of hydrogen-bond donors (Lipinski definition) is 0.